The maximum Gasteiger partial charge on any atom is 0.119 e. The lowest BCUT2D eigenvalue weighted by Crippen LogP contribution is -2.22. The van der Waals surface area contributed by atoms with Gasteiger partial charge >= 0.3 is 0 Å². The van der Waals surface area contributed by atoms with Crippen LogP contribution in [-0.4, -0.2) is 13.2 Å². The second-order valence-electron chi connectivity index (χ2n) is 5.03. The summed E-state index contributed by atoms with van der Waals surface area (Å²) in [5.41, 5.74) is 2.61. The topological polar surface area (TPSA) is 21.3 Å². The number of thiophene rings is 1. The van der Waals surface area contributed by atoms with E-state index in [1.807, 2.05) is 23.5 Å². The predicted molar refractivity (Wildman–Crippen MR) is 86.8 cm³/mol. The second-order valence-corrected chi connectivity index (χ2v) is 5.98. The first-order valence-electron chi connectivity index (χ1n) is 7.17. The van der Waals surface area contributed by atoms with Crippen LogP contribution in [0.15, 0.2) is 35.7 Å². The minimum Gasteiger partial charge on any atom is -0.494 e. The average Bonchev–Trinajstić information content (AvgIpc) is 2.84. The van der Waals surface area contributed by atoms with Crippen LogP contribution in [0.25, 0.3) is 0 Å². The molecule has 0 saturated carbocycles. The summed E-state index contributed by atoms with van der Waals surface area (Å²) in [6.07, 6.45) is 0.989. The molecular weight excluding hydrogens is 266 g/mol. The highest BCUT2D eigenvalue weighted by molar-refractivity contribution is 7.10. The molecule has 0 bridgehead atoms. The van der Waals surface area contributed by atoms with E-state index >= 15 is 0 Å². The Morgan fingerprint density at radius 2 is 2.10 bits per heavy atom. The van der Waals surface area contributed by atoms with E-state index in [9.17, 15) is 0 Å². The highest BCUT2D eigenvalue weighted by Gasteiger charge is 2.14. The lowest BCUT2D eigenvalue weighted by molar-refractivity contribution is 0.288. The highest BCUT2D eigenvalue weighted by atomic mass is 32.1. The summed E-state index contributed by atoms with van der Waals surface area (Å²) in [4.78, 5) is 1.43. The van der Waals surface area contributed by atoms with Gasteiger partial charge < -0.3 is 10.1 Å². The van der Waals surface area contributed by atoms with E-state index in [1.165, 1.54) is 16.0 Å². The summed E-state index contributed by atoms with van der Waals surface area (Å²) in [6.45, 7) is 8.13. The summed E-state index contributed by atoms with van der Waals surface area (Å²) in [5, 5.41) is 5.72. The zero-order valence-electron chi connectivity index (χ0n) is 12.5. The van der Waals surface area contributed by atoms with E-state index in [-0.39, 0.29) is 0 Å². The van der Waals surface area contributed by atoms with Crippen molar-refractivity contribution in [2.45, 2.75) is 33.2 Å². The molecule has 0 aliphatic heterocycles. The van der Waals surface area contributed by atoms with Gasteiger partial charge in [0.05, 0.1) is 6.61 Å². The number of rotatable bonds is 7. The number of ether oxygens (including phenoxy) is 1. The fraction of sp³-hybridized carbons (Fsp3) is 0.412. The summed E-state index contributed by atoms with van der Waals surface area (Å²) in [5.74, 6) is 0.961. The van der Waals surface area contributed by atoms with Crippen molar-refractivity contribution in [2.24, 2.45) is 0 Å². The summed E-state index contributed by atoms with van der Waals surface area (Å²) < 4.78 is 5.87. The number of nitrogens with one attached hydrogen (secondary N) is 1. The molecule has 2 nitrogen and oxygen atoms in total. The molecule has 2 aromatic rings. The monoisotopic (exact) mass is 289 g/mol. The van der Waals surface area contributed by atoms with Crippen LogP contribution >= 0.6 is 11.3 Å². The predicted octanol–water partition coefficient (Wildman–Crippen LogP) is 4.48. The lowest BCUT2D eigenvalue weighted by atomic mass is 10.1. The molecule has 108 valence electrons. The first kappa shape index (κ1) is 15.1. The van der Waals surface area contributed by atoms with Crippen molar-refractivity contribution in [3.05, 3.63) is 51.7 Å². The van der Waals surface area contributed by atoms with E-state index in [4.69, 9.17) is 4.74 Å². The third-order valence-corrected chi connectivity index (χ3v) is 4.47. The van der Waals surface area contributed by atoms with Gasteiger partial charge in [-0.05, 0) is 55.1 Å². The minimum atomic E-state index is 0.393. The number of hydrogen-bond donors (Lipinski definition) is 1. The van der Waals surface area contributed by atoms with Crippen molar-refractivity contribution in [3.8, 4) is 5.75 Å². The SMILES string of the molecule is CCNC(CCOc1cccc(C)c1)c1sccc1C. The Kier molecular flexibility index (Phi) is 5.62. The Hall–Kier alpha value is -1.32. The lowest BCUT2D eigenvalue weighted by Gasteiger charge is -2.18. The smallest absolute Gasteiger partial charge is 0.119 e. The van der Waals surface area contributed by atoms with Gasteiger partial charge in [0.25, 0.3) is 0 Å². The van der Waals surface area contributed by atoms with Crippen molar-refractivity contribution in [1.82, 2.24) is 5.32 Å². The van der Waals surface area contributed by atoms with Crippen molar-refractivity contribution in [2.75, 3.05) is 13.2 Å². The van der Waals surface area contributed by atoms with E-state index in [2.05, 4.69) is 49.7 Å². The molecule has 0 spiro atoms. The molecule has 1 aromatic carbocycles. The molecule has 0 aliphatic rings. The van der Waals surface area contributed by atoms with Crippen molar-refractivity contribution in [1.29, 1.82) is 0 Å². The van der Waals surface area contributed by atoms with E-state index in [1.54, 1.807) is 0 Å². The quantitative estimate of drug-likeness (QED) is 0.811. The molecule has 0 saturated heterocycles. The number of hydrogen-bond acceptors (Lipinski definition) is 3. The Morgan fingerprint density at radius 1 is 1.25 bits per heavy atom. The molecule has 2 rings (SSSR count). The van der Waals surface area contributed by atoms with Crippen LogP contribution in [0.4, 0.5) is 0 Å². The van der Waals surface area contributed by atoms with E-state index in [0.717, 1.165) is 25.3 Å². The zero-order valence-corrected chi connectivity index (χ0v) is 13.3. The minimum absolute atomic E-state index is 0.393. The fourth-order valence-electron chi connectivity index (χ4n) is 2.31. The van der Waals surface area contributed by atoms with Crippen LogP contribution in [0.3, 0.4) is 0 Å². The van der Waals surface area contributed by atoms with Gasteiger partial charge in [-0.25, -0.2) is 0 Å². The Balaban J connectivity index is 1.91. The van der Waals surface area contributed by atoms with Crippen LogP contribution in [-0.2, 0) is 0 Å². The van der Waals surface area contributed by atoms with Gasteiger partial charge in [0.15, 0.2) is 0 Å². The van der Waals surface area contributed by atoms with Gasteiger partial charge in [0, 0.05) is 17.3 Å². The van der Waals surface area contributed by atoms with Gasteiger partial charge in [-0.2, -0.15) is 0 Å². The Labute approximate surface area is 125 Å². The van der Waals surface area contributed by atoms with Gasteiger partial charge in [0.1, 0.15) is 5.75 Å². The maximum atomic E-state index is 5.87. The standard InChI is InChI=1S/C17H23NOS/c1-4-18-16(17-14(3)9-11-20-17)8-10-19-15-7-5-6-13(2)12-15/h5-7,9,11-12,16,18H,4,8,10H2,1-3H3. The van der Waals surface area contributed by atoms with Gasteiger partial charge in [-0.1, -0.05) is 19.1 Å². The van der Waals surface area contributed by atoms with Crippen molar-refractivity contribution >= 4 is 11.3 Å². The summed E-state index contributed by atoms with van der Waals surface area (Å²) >= 11 is 1.83. The molecule has 1 N–H and O–H groups in total. The van der Waals surface area contributed by atoms with E-state index < -0.39 is 0 Å². The molecule has 3 heteroatoms. The number of aryl methyl sites for hydroxylation is 2. The summed E-state index contributed by atoms with van der Waals surface area (Å²) in [6, 6.07) is 10.8. The molecule has 0 radical (unpaired) electrons. The molecule has 0 aliphatic carbocycles. The van der Waals surface area contributed by atoms with Crippen LogP contribution < -0.4 is 10.1 Å². The molecule has 1 unspecified atom stereocenters. The Bertz CT molecular complexity index is 535. The van der Waals surface area contributed by atoms with Gasteiger partial charge in [-0.15, -0.1) is 11.3 Å². The molecule has 1 aromatic heterocycles. The first-order chi connectivity index (χ1) is 9.70. The zero-order chi connectivity index (χ0) is 14.4. The third kappa shape index (κ3) is 4.09. The largest absolute Gasteiger partial charge is 0.494 e. The molecule has 1 atom stereocenters. The fourth-order valence-corrected chi connectivity index (χ4v) is 3.35. The van der Waals surface area contributed by atoms with Gasteiger partial charge in [-0.3, -0.25) is 0 Å². The molecule has 0 fully saturated rings. The molecule has 0 amide bonds. The molecule has 1 heterocycles. The first-order valence-corrected chi connectivity index (χ1v) is 8.05. The van der Waals surface area contributed by atoms with Gasteiger partial charge in [0.2, 0.25) is 0 Å². The van der Waals surface area contributed by atoms with Crippen molar-refractivity contribution in [3.63, 3.8) is 0 Å². The molecular formula is C17H23NOS. The normalized spacial score (nSPS) is 12.3. The maximum absolute atomic E-state index is 5.87. The van der Waals surface area contributed by atoms with E-state index in [0.29, 0.717) is 6.04 Å². The van der Waals surface area contributed by atoms with Crippen LogP contribution in [0.5, 0.6) is 5.75 Å². The van der Waals surface area contributed by atoms with Crippen LogP contribution in [0.1, 0.15) is 35.4 Å². The van der Waals surface area contributed by atoms with Crippen LogP contribution in [0, 0.1) is 13.8 Å². The Morgan fingerprint density at radius 3 is 2.75 bits per heavy atom. The van der Waals surface area contributed by atoms with Crippen LogP contribution in [0.2, 0.25) is 0 Å². The third-order valence-electron chi connectivity index (χ3n) is 3.33. The summed E-state index contributed by atoms with van der Waals surface area (Å²) in [7, 11) is 0. The number of benzene rings is 1. The van der Waals surface area contributed by atoms with Crippen molar-refractivity contribution < 1.29 is 4.74 Å². The average molecular weight is 289 g/mol. The molecule has 20 heavy (non-hydrogen) atoms. The highest BCUT2D eigenvalue weighted by Crippen LogP contribution is 2.26. The second kappa shape index (κ2) is 7.46.